The first-order chi connectivity index (χ1) is 7.34. The van der Waals surface area contributed by atoms with E-state index in [1.54, 1.807) is 12.1 Å². The summed E-state index contributed by atoms with van der Waals surface area (Å²) < 4.78 is 0. The Hall–Kier alpha value is -2.02. The van der Waals surface area contributed by atoms with Crippen molar-refractivity contribution in [1.29, 1.82) is 0 Å². The smallest absolute Gasteiger partial charge is 0.179 e. The molecule has 0 atom stereocenters. The summed E-state index contributed by atoms with van der Waals surface area (Å²) in [6.45, 7) is 0. The lowest BCUT2D eigenvalue weighted by molar-refractivity contribution is 0.355. The van der Waals surface area contributed by atoms with Gasteiger partial charge in [-0.05, 0) is 33.7 Å². The molecule has 0 bridgehead atoms. The van der Waals surface area contributed by atoms with Gasteiger partial charge >= 0.3 is 0 Å². The Kier molecular flexibility index (Phi) is 1.65. The summed E-state index contributed by atoms with van der Waals surface area (Å²) in [4.78, 5) is 0. The van der Waals surface area contributed by atoms with E-state index in [4.69, 9.17) is 0 Å². The second-order valence-electron chi connectivity index (χ2n) is 3.67. The van der Waals surface area contributed by atoms with Crippen molar-refractivity contribution in [1.82, 2.24) is 0 Å². The molecule has 0 fully saturated rings. The molecule has 71 valence electrons. The van der Waals surface area contributed by atoms with Gasteiger partial charge in [-0.1, -0.05) is 42.5 Å². The van der Waals surface area contributed by atoms with Gasteiger partial charge in [0.2, 0.25) is 0 Å². The molecule has 0 aromatic heterocycles. The lowest BCUT2D eigenvalue weighted by Crippen LogP contribution is -1.76. The fourth-order valence-electron chi connectivity index (χ4n) is 1.98. The highest BCUT2D eigenvalue weighted by atomic mass is 16.3. The van der Waals surface area contributed by atoms with Crippen molar-refractivity contribution in [2.24, 2.45) is 0 Å². The van der Waals surface area contributed by atoms with Crippen molar-refractivity contribution in [2.45, 2.75) is 0 Å². The lowest BCUT2D eigenvalue weighted by atomic mass is 10.0. The highest BCUT2D eigenvalue weighted by molar-refractivity contribution is 6.07. The maximum absolute atomic E-state index is 11.3. The van der Waals surface area contributed by atoms with Gasteiger partial charge in [-0.25, -0.2) is 0 Å². The summed E-state index contributed by atoms with van der Waals surface area (Å²) >= 11 is 0. The highest BCUT2D eigenvalue weighted by Crippen LogP contribution is 2.27. The quantitative estimate of drug-likeness (QED) is 0.478. The molecule has 0 saturated carbocycles. The summed E-state index contributed by atoms with van der Waals surface area (Å²) in [6, 6.07) is 17.5. The highest BCUT2D eigenvalue weighted by Gasteiger charge is 2.00. The minimum atomic E-state index is 0.0684. The molecule has 0 spiro atoms. The molecule has 0 N–H and O–H groups in total. The average molecular weight is 193 g/mol. The van der Waals surface area contributed by atoms with Crippen LogP contribution in [0.2, 0.25) is 0 Å². The lowest BCUT2D eigenvalue weighted by Gasteiger charge is -2.02. The van der Waals surface area contributed by atoms with Crippen LogP contribution in [0.4, 0.5) is 0 Å². The van der Waals surface area contributed by atoms with E-state index in [1.807, 2.05) is 18.2 Å². The molecule has 3 rings (SSSR count). The van der Waals surface area contributed by atoms with Gasteiger partial charge in [0, 0.05) is 0 Å². The molecule has 1 radical (unpaired) electrons. The van der Waals surface area contributed by atoms with E-state index in [0.717, 1.165) is 16.2 Å². The fourth-order valence-corrected chi connectivity index (χ4v) is 1.98. The number of rotatable bonds is 0. The van der Waals surface area contributed by atoms with Crippen molar-refractivity contribution in [3.8, 4) is 5.75 Å². The number of fused-ring (bicyclic) bond motifs is 3. The van der Waals surface area contributed by atoms with Crippen LogP contribution in [0.1, 0.15) is 0 Å². The van der Waals surface area contributed by atoms with Crippen molar-refractivity contribution in [3.63, 3.8) is 0 Å². The maximum Gasteiger partial charge on any atom is 0.179 e. The van der Waals surface area contributed by atoms with Crippen LogP contribution in [-0.2, 0) is 5.11 Å². The second-order valence-corrected chi connectivity index (χ2v) is 3.67. The van der Waals surface area contributed by atoms with Crippen LogP contribution in [0.15, 0.2) is 54.6 Å². The minimum absolute atomic E-state index is 0.0684. The molecule has 0 aliphatic carbocycles. The molecule has 0 saturated heterocycles. The largest absolute Gasteiger partial charge is 0.290 e. The zero-order valence-corrected chi connectivity index (χ0v) is 8.10. The van der Waals surface area contributed by atoms with Crippen LogP contribution in [0, 0.1) is 0 Å². The Bertz CT molecular complexity index is 641. The Morgan fingerprint density at radius 2 is 1.33 bits per heavy atom. The third-order valence-electron chi connectivity index (χ3n) is 2.72. The number of hydrogen-bond acceptors (Lipinski definition) is 0. The van der Waals surface area contributed by atoms with Gasteiger partial charge in [-0.15, -0.1) is 0 Å². The molecular weight excluding hydrogens is 184 g/mol. The van der Waals surface area contributed by atoms with Gasteiger partial charge in [0.25, 0.3) is 0 Å². The van der Waals surface area contributed by atoms with E-state index in [1.165, 1.54) is 5.39 Å². The first kappa shape index (κ1) is 8.30. The van der Waals surface area contributed by atoms with Crippen LogP contribution in [0.3, 0.4) is 0 Å². The van der Waals surface area contributed by atoms with E-state index >= 15 is 0 Å². The Morgan fingerprint density at radius 1 is 0.667 bits per heavy atom. The third kappa shape index (κ3) is 1.24. The molecule has 0 aliphatic rings. The van der Waals surface area contributed by atoms with Crippen LogP contribution in [0.5, 0.6) is 5.75 Å². The summed E-state index contributed by atoms with van der Waals surface area (Å²) in [5.41, 5.74) is 0. The second kappa shape index (κ2) is 2.99. The summed E-state index contributed by atoms with van der Waals surface area (Å²) in [7, 11) is 0. The molecule has 0 heterocycles. The summed E-state index contributed by atoms with van der Waals surface area (Å²) in [5.74, 6) is 0.0684. The SMILES string of the molecule is [O]c1ccc2ccc3ccccc3c2c1. The Balaban J connectivity index is 2.57. The van der Waals surface area contributed by atoms with Crippen LogP contribution in [0.25, 0.3) is 21.5 Å². The number of hydrogen-bond donors (Lipinski definition) is 0. The molecule has 1 heteroatoms. The normalized spacial score (nSPS) is 10.9. The van der Waals surface area contributed by atoms with E-state index < -0.39 is 0 Å². The van der Waals surface area contributed by atoms with Gasteiger partial charge < -0.3 is 0 Å². The number of benzene rings is 3. The molecule has 3 aromatic carbocycles. The van der Waals surface area contributed by atoms with Crippen LogP contribution >= 0.6 is 0 Å². The Labute approximate surface area is 87.6 Å². The standard InChI is InChI=1S/C14H9O/c15-12-8-7-11-6-5-10-3-1-2-4-13(10)14(11)9-12/h1-9H. The van der Waals surface area contributed by atoms with Gasteiger partial charge in [0.1, 0.15) is 0 Å². The van der Waals surface area contributed by atoms with Crippen LogP contribution in [-0.4, -0.2) is 0 Å². The fraction of sp³-hybridized carbons (Fsp3) is 0. The van der Waals surface area contributed by atoms with E-state index in [9.17, 15) is 5.11 Å². The summed E-state index contributed by atoms with van der Waals surface area (Å²) in [5, 5.41) is 15.8. The van der Waals surface area contributed by atoms with E-state index in [2.05, 4.69) is 24.3 Å². The van der Waals surface area contributed by atoms with Gasteiger partial charge in [0.05, 0.1) is 0 Å². The molecule has 15 heavy (non-hydrogen) atoms. The van der Waals surface area contributed by atoms with Gasteiger partial charge in [-0.2, -0.15) is 0 Å². The minimum Gasteiger partial charge on any atom is -0.290 e. The molecule has 0 unspecified atom stereocenters. The van der Waals surface area contributed by atoms with Crippen LogP contribution < -0.4 is 0 Å². The molecule has 0 amide bonds. The van der Waals surface area contributed by atoms with Crippen molar-refractivity contribution in [2.75, 3.05) is 0 Å². The predicted octanol–water partition coefficient (Wildman–Crippen LogP) is 4.14. The molecular formula is C14H9O. The topological polar surface area (TPSA) is 19.9 Å². The third-order valence-corrected chi connectivity index (χ3v) is 2.72. The van der Waals surface area contributed by atoms with E-state index in [-0.39, 0.29) is 5.75 Å². The first-order valence-electron chi connectivity index (χ1n) is 4.93. The van der Waals surface area contributed by atoms with Crippen molar-refractivity contribution >= 4 is 21.5 Å². The molecule has 0 aliphatic heterocycles. The molecule has 1 nitrogen and oxygen atoms in total. The Morgan fingerprint density at radius 3 is 2.20 bits per heavy atom. The predicted molar refractivity (Wildman–Crippen MR) is 61.6 cm³/mol. The van der Waals surface area contributed by atoms with E-state index in [0.29, 0.717) is 0 Å². The summed E-state index contributed by atoms with van der Waals surface area (Å²) in [6.07, 6.45) is 0. The van der Waals surface area contributed by atoms with Crippen molar-refractivity contribution in [3.05, 3.63) is 54.6 Å². The zero-order valence-electron chi connectivity index (χ0n) is 8.10. The van der Waals surface area contributed by atoms with Crippen molar-refractivity contribution < 1.29 is 5.11 Å². The zero-order chi connectivity index (χ0) is 10.3. The maximum atomic E-state index is 11.3. The van der Waals surface area contributed by atoms with Gasteiger partial charge in [0.15, 0.2) is 5.75 Å². The first-order valence-corrected chi connectivity index (χ1v) is 4.93. The van der Waals surface area contributed by atoms with Gasteiger partial charge in [-0.3, -0.25) is 5.11 Å². The molecule has 3 aromatic rings. The average Bonchev–Trinajstić information content (AvgIpc) is 2.29. The monoisotopic (exact) mass is 193 g/mol.